The number of ether oxygens (including phenoxy) is 1. The van der Waals surface area contributed by atoms with E-state index in [9.17, 15) is 9.18 Å². The highest BCUT2D eigenvalue weighted by Crippen LogP contribution is 2.38. The number of unbranched alkanes of at least 4 members (excludes halogenated alkanes) is 3. The zero-order valence-corrected chi connectivity index (χ0v) is 17.8. The Balaban J connectivity index is 1.56. The van der Waals surface area contributed by atoms with Crippen LogP contribution in [0.5, 0.6) is 5.75 Å². The van der Waals surface area contributed by atoms with E-state index in [4.69, 9.17) is 16.2 Å². The van der Waals surface area contributed by atoms with Gasteiger partial charge in [-0.3, -0.25) is 0 Å². The number of anilines is 2. The normalized spacial score (nSPS) is 18.9. The molecule has 1 aliphatic carbocycles. The van der Waals surface area contributed by atoms with Crippen molar-refractivity contribution in [1.29, 1.82) is 0 Å². The average molecular weight is 413 g/mol. The summed E-state index contributed by atoms with van der Waals surface area (Å²) in [5.74, 6) is -0.0724. The van der Waals surface area contributed by atoms with Crippen LogP contribution in [0.4, 0.5) is 15.8 Å². The molecule has 2 aromatic carbocycles. The van der Waals surface area contributed by atoms with E-state index in [1.807, 2.05) is 6.07 Å². The summed E-state index contributed by atoms with van der Waals surface area (Å²) in [5, 5.41) is 0. The van der Waals surface area contributed by atoms with Crippen LogP contribution < -0.4 is 16.2 Å². The molecule has 1 aliphatic rings. The second-order valence-electron chi connectivity index (χ2n) is 8.53. The summed E-state index contributed by atoms with van der Waals surface area (Å²) < 4.78 is 19.9. The van der Waals surface area contributed by atoms with E-state index < -0.39 is 11.8 Å². The molecule has 2 aromatic rings. The van der Waals surface area contributed by atoms with Crippen LogP contribution in [0.15, 0.2) is 36.4 Å². The van der Waals surface area contributed by atoms with Gasteiger partial charge in [0.1, 0.15) is 0 Å². The molecule has 5 heteroatoms. The molecule has 0 aromatic heterocycles. The summed E-state index contributed by atoms with van der Waals surface area (Å²) in [6.45, 7) is 2.24. The first-order chi connectivity index (χ1) is 14.5. The van der Waals surface area contributed by atoms with Gasteiger partial charge in [-0.05, 0) is 73.4 Å². The van der Waals surface area contributed by atoms with Gasteiger partial charge in [-0.1, -0.05) is 45.1 Å². The van der Waals surface area contributed by atoms with Crippen molar-refractivity contribution < 1.29 is 13.9 Å². The fraction of sp³-hybridized carbons (Fsp3) is 0.480. The van der Waals surface area contributed by atoms with Crippen LogP contribution in [-0.2, 0) is 0 Å². The number of halogens is 1. The van der Waals surface area contributed by atoms with E-state index in [0.717, 1.165) is 24.3 Å². The zero-order chi connectivity index (χ0) is 21.5. The van der Waals surface area contributed by atoms with E-state index in [0.29, 0.717) is 17.3 Å². The van der Waals surface area contributed by atoms with Crippen molar-refractivity contribution in [2.45, 2.75) is 70.6 Å². The summed E-state index contributed by atoms with van der Waals surface area (Å²) in [5.41, 5.74) is 13.3. The minimum atomic E-state index is -0.677. The van der Waals surface area contributed by atoms with Gasteiger partial charge >= 0.3 is 5.97 Å². The third-order valence-electron chi connectivity index (χ3n) is 6.16. The molecule has 0 unspecified atom stereocenters. The topological polar surface area (TPSA) is 78.3 Å². The van der Waals surface area contributed by atoms with Crippen molar-refractivity contribution in [3.8, 4) is 5.75 Å². The van der Waals surface area contributed by atoms with Gasteiger partial charge in [0.2, 0.25) is 0 Å². The molecule has 0 aliphatic heterocycles. The fourth-order valence-electron chi connectivity index (χ4n) is 4.45. The van der Waals surface area contributed by atoms with Gasteiger partial charge in [0.25, 0.3) is 0 Å². The monoisotopic (exact) mass is 412 g/mol. The summed E-state index contributed by atoms with van der Waals surface area (Å²) in [7, 11) is 0. The Morgan fingerprint density at radius 2 is 1.70 bits per heavy atom. The molecule has 3 rings (SSSR count). The molecule has 0 spiro atoms. The number of esters is 1. The van der Waals surface area contributed by atoms with Crippen molar-refractivity contribution >= 4 is 17.3 Å². The third-order valence-corrected chi connectivity index (χ3v) is 6.16. The maximum absolute atomic E-state index is 14.6. The largest absolute Gasteiger partial charge is 0.420 e. The number of nitrogen functional groups attached to an aromatic ring is 2. The summed E-state index contributed by atoms with van der Waals surface area (Å²) in [6, 6.07) is 9.42. The van der Waals surface area contributed by atoms with Crippen LogP contribution in [0.1, 0.15) is 86.6 Å². The lowest BCUT2D eigenvalue weighted by Crippen LogP contribution is -2.14. The predicted molar refractivity (Wildman–Crippen MR) is 120 cm³/mol. The van der Waals surface area contributed by atoms with Gasteiger partial charge in [0, 0.05) is 11.4 Å². The summed E-state index contributed by atoms with van der Waals surface area (Å²) in [6.07, 6.45) is 11.2. The molecule has 162 valence electrons. The lowest BCUT2D eigenvalue weighted by molar-refractivity contribution is 0.0728. The van der Waals surface area contributed by atoms with E-state index in [-0.39, 0.29) is 11.3 Å². The van der Waals surface area contributed by atoms with Crippen LogP contribution in [-0.4, -0.2) is 5.97 Å². The molecule has 4 N–H and O–H groups in total. The quantitative estimate of drug-likeness (QED) is 0.226. The number of carbonyl (C=O) groups is 1. The minimum Gasteiger partial charge on any atom is -0.420 e. The van der Waals surface area contributed by atoms with E-state index in [2.05, 4.69) is 6.92 Å². The molecule has 1 saturated carbocycles. The van der Waals surface area contributed by atoms with Gasteiger partial charge < -0.3 is 16.2 Å². The van der Waals surface area contributed by atoms with Gasteiger partial charge in [-0.2, -0.15) is 0 Å². The van der Waals surface area contributed by atoms with Crippen molar-refractivity contribution in [1.82, 2.24) is 0 Å². The smallest absolute Gasteiger partial charge is 0.343 e. The van der Waals surface area contributed by atoms with E-state index in [1.165, 1.54) is 63.1 Å². The van der Waals surface area contributed by atoms with Gasteiger partial charge in [0.05, 0.1) is 5.56 Å². The Morgan fingerprint density at radius 3 is 2.33 bits per heavy atom. The molecule has 1 fully saturated rings. The number of benzene rings is 2. The number of rotatable bonds is 8. The zero-order valence-electron chi connectivity index (χ0n) is 17.8. The average Bonchev–Trinajstić information content (AvgIpc) is 2.72. The number of nitrogens with two attached hydrogens (primary N) is 2. The highest BCUT2D eigenvalue weighted by molar-refractivity contribution is 5.93. The SMILES string of the molecule is CCCCCCC1CCC(c2ccc(OC(=O)c3cc(N)cc(N)c3)c(F)c2)CC1. The predicted octanol–water partition coefficient (Wildman–Crippen LogP) is 6.45. The Morgan fingerprint density at radius 1 is 1.00 bits per heavy atom. The molecule has 0 radical (unpaired) electrons. The van der Waals surface area contributed by atoms with Gasteiger partial charge in [0.15, 0.2) is 11.6 Å². The molecule has 30 heavy (non-hydrogen) atoms. The summed E-state index contributed by atoms with van der Waals surface area (Å²) in [4.78, 5) is 12.3. The highest BCUT2D eigenvalue weighted by Gasteiger charge is 2.23. The maximum atomic E-state index is 14.6. The molecule has 0 atom stereocenters. The van der Waals surface area contributed by atoms with Crippen LogP contribution in [0, 0.1) is 11.7 Å². The molecular formula is C25H33FN2O2. The highest BCUT2D eigenvalue weighted by atomic mass is 19.1. The molecule has 0 amide bonds. The van der Waals surface area contributed by atoms with Crippen molar-refractivity contribution in [2.75, 3.05) is 11.5 Å². The molecule has 0 saturated heterocycles. The van der Waals surface area contributed by atoms with Crippen LogP contribution in [0.3, 0.4) is 0 Å². The molecule has 0 heterocycles. The fourth-order valence-corrected chi connectivity index (χ4v) is 4.45. The second kappa shape index (κ2) is 10.5. The van der Waals surface area contributed by atoms with Crippen LogP contribution in [0.2, 0.25) is 0 Å². The van der Waals surface area contributed by atoms with Gasteiger partial charge in [-0.15, -0.1) is 0 Å². The number of hydrogen-bond donors (Lipinski definition) is 2. The second-order valence-corrected chi connectivity index (χ2v) is 8.53. The molecule has 0 bridgehead atoms. The standard InChI is InChI=1S/C25H33FN2O2/c1-2-3-4-5-6-17-7-9-18(10-8-17)19-11-12-24(23(26)15-19)30-25(29)20-13-21(27)16-22(28)14-20/h11-18H,2-10,27-28H2,1H3. The Labute approximate surface area is 178 Å². The van der Waals surface area contributed by atoms with E-state index >= 15 is 0 Å². The van der Waals surface area contributed by atoms with Crippen molar-refractivity contribution in [3.05, 3.63) is 53.3 Å². The van der Waals surface area contributed by atoms with Crippen molar-refractivity contribution in [3.63, 3.8) is 0 Å². The van der Waals surface area contributed by atoms with Crippen LogP contribution in [0.25, 0.3) is 0 Å². The Bertz CT molecular complexity index is 840. The lowest BCUT2D eigenvalue weighted by atomic mass is 9.77. The number of carbonyl (C=O) groups excluding carboxylic acids is 1. The minimum absolute atomic E-state index is 0.0747. The first-order valence-corrected chi connectivity index (χ1v) is 11.1. The Hall–Kier alpha value is -2.56. The first-order valence-electron chi connectivity index (χ1n) is 11.1. The van der Waals surface area contributed by atoms with E-state index in [1.54, 1.807) is 12.1 Å². The third kappa shape index (κ3) is 5.97. The molecular weight excluding hydrogens is 379 g/mol. The summed E-state index contributed by atoms with van der Waals surface area (Å²) >= 11 is 0. The Kier molecular flexibility index (Phi) is 7.72. The van der Waals surface area contributed by atoms with Crippen molar-refractivity contribution in [2.24, 2.45) is 5.92 Å². The maximum Gasteiger partial charge on any atom is 0.343 e. The lowest BCUT2D eigenvalue weighted by Gasteiger charge is -2.29. The van der Waals surface area contributed by atoms with Gasteiger partial charge in [-0.25, -0.2) is 9.18 Å². The first kappa shape index (κ1) is 22.1. The number of hydrogen-bond acceptors (Lipinski definition) is 4. The molecule has 4 nitrogen and oxygen atoms in total. The van der Waals surface area contributed by atoms with Crippen LogP contribution >= 0.6 is 0 Å².